The van der Waals surface area contributed by atoms with Crippen LogP contribution < -0.4 is 0 Å². The highest BCUT2D eigenvalue weighted by molar-refractivity contribution is 7.41. The molecule has 1 aliphatic heterocycles. The fourth-order valence-electron chi connectivity index (χ4n) is 5.08. The minimum absolute atomic E-state index is 0.239. The van der Waals surface area contributed by atoms with Gasteiger partial charge in [0.1, 0.15) is 24.4 Å². The van der Waals surface area contributed by atoms with Crippen molar-refractivity contribution in [2.45, 2.75) is 57.1 Å². The zero-order valence-corrected chi connectivity index (χ0v) is 26.6. The second kappa shape index (κ2) is 18.2. The van der Waals surface area contributed by atoms with Gasteiger partial charge in [-0.05, 0) is 22.3 Å². The fraction of sp³-hybridized carbons (Fsp3) is 0.333. The first kappa shape index (κ1) is 33.4. The molecule has 1 saturated heterocycles. The van der Waals surface area contributed by atoms with E-state index in [-0.39, 0.29) is 6.61 Å². The molecule has 0 aliphatic carbocycles. The van der Waals surface area contributed by atoms with Gasteiger partial charge in [-0.3, -0.25) is 4.52 Å². The molecule has 4 aromatic carbocycles. The van der Waals surface area contributed by atoms with Gasteiger partial charge < -0.3 is 32.7 Å². The summed E-state index contributed by atoms with van der Waals surface area (Å²) in [4.78, 5) is 0. The van der Waals surface area contributed by atoms with E-state index in [1.165, 1.54) is 14.2 Å². The summed E-state index contributed by atoms with van der Waals surface area (Å²) in [5, 5.41) is 0. The van der Waals surface area contributed by atoms with Crippen molar-refractivity contribution in [2.24, 2.45) is 0 Å². The van der Waals surface area contributed by atoms with E-state index in [0.717, 1.165) is 22.3 Å². The third-order valence-corrected chi connectivity index (χ3v) is 8.30. The van der Waals surface area contributed by atoms with Gasteiger partial charge in [0, 0.05) is 14.2 Å². The van der Waals surface area contributed by atoms with Gasteiger partial charge in [-0.1, -0.05) is 121 Å². The number of benzene rings is 4. The van der Waals surface area contributed by atoms with Crippen molar-refractivity contribution >= 4 is 8.60 Å². The molecule has 1 aliphatic rings. The van der Waals surface area contributed by atoms with Gasteiger partial charge in [0.15, 0.2) is 6.29 Å². The molecule has 0 spiro atoms. The monoisotopic (exact) mass is 632 g/mol. The number of hydrogen-bond acceptors (Lipinski definition) is 8. The van der Waals surface area contributed by atoms with Crippen LogP contribution >= 0.6 is 8.60 Å². The minimum Gasteiger partial charge on any atom is -0.374 e. The predicted octanol–water partition coefficient (Wildman–Crippen LogP) is 7.22. The molecule has 0 amide bonds. The molecule has 1 fully saturated rings. The highest BCUT2D eigenvalue weighted by Gasteiger charge is 2.50. The molecule has 4 aromatic rings. The first-order valence-corrected chi connectivity index (χ1v) is 16.1. The highest BCUT2D eigenvalue weighted by Crippen LogP contribution is 2.43. The van der Waals surface area contributed by atoms with Crippen molar-refractivity contribution in [3.05, 3.63) is 144 Å². The van der Waals surface area contributed by atoms with Crippen LogP contribution in [0.5, 0.6) is 0 Å². The normalized spacial score (nSPS) is 21.6. The smallest absolute Gasteiger partial charge is 0.334 e. The molecular formula is C36H41O8P. The quantitative estimate of drug-likeness (QED) is 0.113. The maximum atomic E-state index is 6.71. The summed E-state index contributed by atoms with van der Waals surface area (Å²) in [6, 6.07) is 40.1. The van der Waals surface area contributed by atoms with Gasteiger partial charge in [-0.15, -0.1) is 0 Å². The maximum Gasteiger partial charge on any atom is 0.334 e. The Hall–Kier alpha value is -3.01. The molecule has 5 atom stereocenters. The summed E-state index contributed by atoms with van der Waals surface area (Å²) in [5.74, 6) is 0. The zero-order chi connectivity index (χ0) is 31.1. The van der Waals surface area contributed by atoms with E-state index in [1.54, 1.807) is 0 Å². The largest absolute Gasteiger partial charge is 0.374 e. The Bertz CT molecular complexity index is 1340. The van der Waals surface area contributed by atoms with Crippen LogP contribution in [0, 0.1) is 0 Å². The lowest BCUT2D eigenvalue weighted by atomic mass is 9.98. The van der Waals surface area contributed by atoms with Gasteiger partial charge in [0.05, 0.1) is 33.0 Å². The van der Waals surface area contributed by atoms with Crippen LogP contribution in [0.15, 0.2) is 121 Å². The SMILES string of the molecule is COP(OC)OC1OC(COCc2ccccc2)C(OCc2ccccc2)C(OCc2ccccc2)C1OCc1ccccc1. The van der Waals surface area contributed by atoms with Gasteiger partial charge in [-0.25, -0.2) is 0 Å². The van der Waals surface area contributed by atoms with Crippen LogP contribution in [0.25, 0.3) is 0 Å². The molecule has 0 bridgehead atoms. The Morgan fingerprint density at radius 3 is 1.36 bits per heavy atom. The van der Waals surface area contributed by atoms with Gasteiger partial charge in [0.2, 0.25) is 0 Å². The highest BCUT2D eigenvalue weighted by atomic mass is 31.2. The lowest BCUT2D eigenvalue weighted by Gasteiger charge is -2.46. The number of ether oxygens (including phenoxy) is 5. The molecule has 0 N–H and O–H groups in total. The molecule has 238 valence electrons. The second-order valence-electron chi connectivity index (χ2n) is 10.5. The van der Waals surface area contributed by atoms with E-state index in [2.05, 4.69) is 0 Å². The summed E-state index contributed by atoms with van der Waals surface area (Å²) < 4.78 is 50.0. The van der Waals surface area contributed by atoms with E-state index in [4.69, 9.17) is 37.3 Å². The Morgan fingerprint density at radius 2 is 0.911 bits per heavy atom. The van der Waals surface area contributed by atoms with Crippen LogP contribution in [-0.4, -0.2) is 51.5 Å². The molecule has 0 radical (unpaired) electrons. The summed E-state index contributed by atoms with van der Waals surface area (Å²) in [7, 11) is 1.36. The molecule has 9 heteroatoms. The Morgan fingerprint density at radius 1 is 0.511 bits per heavy atom. The van der Waals surface area contributed by atoms with Gasteiger partial charge in [-0.2, -0.15) is 0 Å². The van der Waals surface area contributed by atoms with Crippen LogP contribution in [-0.2, 0) is 63.7 Å². The number of hydrogen-bond donors (Lipinski definition) is 0. The molecule has 45 heavy (non-hydrogen) atoms. The van der Waals surface area contributed by atoms with Crippen molar-refractivity contribution in [2.75, 3.05) is 20.8 Å². The summed E-state index contributed by atoms with van der Waals surface area (Å²) >= 11 is 0. The molecule has 0 aromatic heterocycles. The van der Waals surface area contributed by atoms with Crippen LogP contribution in [0.1, 0.15) is 22.3 Å². The molecule has 0 saturated carbocycles. The predicted molar refractivity (Wildman–Crippen MR) is 172 cm³/mol. The topological polar surface area (TPSA) is 73.8 Å². The van der Waals surface area contributed by atoms with E-state index >= 15 is 0 Å². The zero-order valence-electron chi connectivity index (χ0n) is 25.7. The first-order chi connectivity index (χ1) is 22.2. The average Bonchev–Trinajstić information content (AvgIpc) is 3.10. The Labute approximate surface area is 267 Å². The van der Waals surface area contributed by atoms with Crippen molar-refractivity contribution in [3.63, 3.8) is 0 Å². The van der Waals surface area contributed by atoms with Gasteiger partial charge in [0.25, 0.3) is 0 Å². The van der Waals surface area contributed by atoms with Crippen molar-refractivity contribution in [1.82, 2.24) is 0 Å². The lowest BCUT2D eigenvalue weighted by Crippen LogP contribution is -2.61. The molecule has 1 heterocycles. The summed E-state index contributed by atoms with van der Waals surface area (Å²) in [6.45, 7) is 1.68. The van der Waals surface area contributed by atoms with Crippen molar-refractivity contribution in [3.8, 4) is 0 Å². The number of rotatable bonds is 17. The summed E-state index contributed by atoms with van der Waals surface area (Å²) in [6.07, 6.45) is -3.27. The molecule has 5 unspecified atom stereocenters. The minimum atomic E-state index is -1.71. The van der Waals surface area contributed by atoms with Crippen LogP contribution in [0.2, 0.25) is 0 Å². The average molecular weight is 633 g/mol. The van der Waals surface area contributed by atoms with Crippen LogP contribution in [0.3, 0.4) is 0 Å². The molecule has 8 nitrogen and oxygen atoms in total. The van der Waals surface area contributed by atoms with Crippen molar-refractivity contribution < 1.29 is 37.3 Å². The van der Waals surface area contributed by atoms with Crippen LogP contribution in [0.4, 0.5) is 0 Å². The van der Waals surface area contributed by atoms with Gasteiger partial charge >= 0.3 is 8.60 Å². The standard InChI is InChI=1S/C36H41O8P/c1-37-45(38-2)44-36-35(42-26-31-21-13-6-14-22-31)34(41-25-30-19-11-5-12-20-30)33(40-24-29-17-9-4-10-18-29)32(43-36)27-39-23-28-15-7-3-8-16-28/h3-22,32-36H,23-27H2,1-2H3. The third kappa shape index (κ3) is 10.2. The first-order valence-electron chi connectivity index (χ1n) is 15.0. The summed E-state index contributed by atoms with van der Waals surface area (Å²) in [5.41, 5.74) is 4.13. The molecular weight excluding hydrogens is 591 g/mol. The maximum absolute atomic E-state index is 6.71. The Balaban J connectivity index is 1.44. The second-order valence-corrected chi connectivity index (χ2v) is 11.9. The molecule has 5 rings (SSSR count). The van der Waals surface area contributed by atoms with Crippen molar-refractivity contribution in [1.29, 1.82) is 0 Å². The third-order valence-electron chi connectivity index (χ3n) is 7.33. The van der Waals surface area contributed by atoms with E-state index in [0.29, 0.717) is 26.4 Å². The van der Waals surface area contributed by atoms with E-state index < -0.39 is 39.3 Å². The van der Waals surface area contributed by atoms with E-state index in [9.17, 15) is 0 Å². The fourth-order valence-corrected chi connectivity index (χ4v) is 5.74. The Kier molecular flexibility index (Phi) is 13.5. The van der Waals surface area contributed by atoms with E-state index in [1.807, 2.05) is 121 Å². The lowest BCUT2D eigenvalue weighted by molar-refractivity contribution is -0.311.